The SMILES string of the molecule is CCOc1cc(/C=C2\SC(=O)N(Cc3ccc(F)cc3)C2=O)ccc1OCc1ccc(Br)cc1. The molecule has 1 aliphatic rings. The van der Waals surface area contributed by atoms with Crippen LogP contribution in [-0.2, 0) is 17.9 Å². The molecule has 0 aromatic heterocycles. The second-order valence-corrected chi connectivity index (χ2v) is 9.36. The molecular weight excluding hydrogens is 521 g/mol. The van der Waals surface area contributed by atoms with Crippen molar-refractivity contribution in [3.8, 4) is 11.5 Å². The van der Waals surface area contributed by atoms with Crippen molar-refractivity contribution < 1.29 is 23.5 Å². The fourth-order valence-corrected chi connectivity index (χ4v) is 4.41. The predicted molar refractivity (Wildman–Crippen MR) is 134 cm³/mol. The minimum atomic E-state index is -0.382. The van der Waals surface area contributed by atoms with E-state index in [9.17, 15) is 14.0 Å². The maximum Gasteiger partial charge on any atom is 0.293 e. The lowest BCUT2D eigenvalue weighted by molar-refractivity contribution is -0.123. The highest BCUT2D eigenvalue weighted by Gasteiger charge is 2.35. The van der Waals surface area contributed by atoms with Crippen LogP contribution in [0.3, 0.4) is 0 Å². The zero-order valence-corrected chi connectivity index (χ0v) is 20.7. The average Bonchev–Trinajstić information content (AvgIpc) is 3.08. The first-order chi connectivity index (χ1) is 16.4. The van der Waals surface area contributed by atoms with E-state index in [4.69, 9.17) is 9.47 Å². The van der Waals surface area contributed by atoms with E-state index in [2.05, 4.69) is 15.9 Å². The van der Waals surface area contributed by atoms with Crippen molar-refractivity contribution in [3.63, 3.8) is 0 Å². The zero-order valence-electron chi connectivity index (χ0n) is 18.3. The molecule has 1 heterocycles. The van der Waals surface area contributed by atoms with E-state index in [1.807, 2.05) is 37.3 Å². The van der Waals surface area contributed by atoms with Gasteiger partial charge in [0.25, 0.3) is 11.1 Å². The van der Waals surface area contributed by atoms with E-state index >= 15 is 0 Å². The molecule has 174 valence electrons. The minimum absolute atomic E-state index is 0.0926. The molecule has 3 aromatic carbocycles. The van der Waals surface area contributed by atoms with Crippen molar-refractivity contribution in [3.05, 3.63) is 98.6 Å². The summed E-state index contributed by atoms with van der Waals surface area (Å²) in [6.07, 6.45) is 1.66. The molecule has 0 N–H and O–H groups in total. The smallest absolute Gasteiger partial charge is 0.293 e. The van der Waals surface area contributed by atoms with Crippen LogP contribution in [0, 0.1) is 5.82 Å². The highest BCUT2D eigenvalue weighted by Crippen LogP contribution is 2.35. The average molecular weight is 542 g/mol. The Bertz CT molecular complexity index is 1230. The standard InChI is InChI=1S/C26H21BrFNO4S/c1-2-32-23-13-19(7-12-22(23)33-16-18-3-8-20(27)9-4-18)14-24-25(30)29(26(31)34-24)15-17-5-10-21(28)11-6-17/h3-14H,2,15-16H2,1H3/b24-14-. The number of carbonyl (C=O) groups excluding carboxylic acids is 2. The van der Waals surface area contributed by atoms with Crippen LogP contribution in [0.5, 0.6) is 11.5 Å². The Morgan fingerprint density at radius 1 is 0.941 bits per heavy atom. The Balaban J connectivity index is 1.49. The van der Waals surface area contributed by atoms with Crippen LogP contribution >= 0.6 is 27.7 Å². The maximum absolute atomic E-state index is 13.1. The third-order valence-corrected chi connectivity index (χ3v) is 6.44. The van der Waals surface area contributed by atoms with E-state index < -0.39 is 0 Å². The Morgan fingerprint density at radius 2 is 1.65 bits per heavy atom. The largest absolute Gasteiger partial charge is 0.490 e. The van der Waals surface area contributed by atoms with E-state index in [0.717, 1.165) is 26.7 Å². The van der Waals surface area contributed by atoms with Crippen molar-refractivity contribution in [2.24, 2.45) is 0 Å². The predicted octanol–water partition coefficient (Wildman–Crippen LogP) is 6.80. The lowest BCUT2D eigenvalue weighted by Crippen LogP contribution is -2.27. The first kappa shape index (κ1) is 24.0. The fraction of sp³-hybridized carbons (Fsp3) is 0.154. The maximum atomic E-state index is 13.1. The molecule has 5 nitrogen and oxygen atoms in total. The number of nitrogens with zero attached hydrogens (tertiary/aromatic N) is 1. The van der Waals surface area contributed by atoms with E-state index in [-0.39, 0.29) is 23.5 Å². The lowest BCUT2D eigenvalue weighted by atomic mass is 10.1. The Morgan fingerprint density at radius 3 is 2.35 bits per heavy atom. The summed E-state index contributed by atoms with van der Waals surface area (Å²) in [5, 5.41) is -0.361. The molecular formula is C26H21BrFNO4S. The van der Waals surface area contributed by atoms with Crippen LogP contribution in [0.25, 0.3) is 6.08 Å². The van der Waals surface area contributed by atoms with E-state index in [1.54, 1.807) is 30.3 Å². The zero-order chi connectivity index (χ0) is 24.1. The van der Waals surface area contributed by atoms with Gasteiger partial charge in [-0.15, -0.1) is 0 Å². The van der Waals surface area contributed by atoms with E-state index in [0.29, 0.717) is 40.7 Å². The molecule has 0 spiro atoms. The summed E-state index contributed by atoms with van der Waals surface area (Å²) < 4.78 is 25.8. The highest BCUT2D eigenvalue weighted by molar-refractivity contribution is 9.10. The third kappa shape index (κ3) is 5.87. The molecule has 34 heavy (non-hydrogen) atoms. The number of ether oxygens (including phenoxy) is 2. The van der Waals surface area contributed by atoms with Crippen LogP contribution in [-0.4, -0.2) is 22.7 Å². The van der Waals surface area contributed by atoms with Crippen LogP contribution in [0.4, 0.5) is 9.18 Å². The summed E-state index contributed by atoms with van der Waals surface area (Å²) >= 11 is 4.30. The molecule has 0 saturated carbocycles. The molecule has 0 unspecified atom stereocenters. The summed E-state index contributed by atoms with van der Waals surface area (Å²) in [7, 11) is 0. The minimum Gasteiger partial charge on any atom is -0.490 e. The van der Waals surface area contributed by atoms with Gasteiger partial charge in [0, 0.05) is 4.47 Å². The topological polar surface area (TPSA) is 55.8 Å². The Labute approximate surface area is 209 Å². The summed E-state index contributed by atoms with van der Waals surface area (Å²) in [6.45, 7) is 2.81. The first-order valence-electron chi connectivity index (χ1n) is 10.6. The molecule has 0 aliphatic carbocycles. The number of imide groups is 1. The molecule has 4 rings (SSSR count). The monoisotopic (exact) mass is 541 g/mol. The summed E-state index contributed by atoms with van der Waals surface area (Å²) in [5.41, 5.74) is 2.41. The van der Waals surface area contributed by atoms with Crippen LogP contribution in [0.2, 0.25) is 0 Å². The van der Waals surface area contributed by atoms with Gasteiger partial charge in [-0.1, -0.05) is 46.3 Å². The third-order valence-electron chi connectivity index (χ3n) is 5.00. The number of thioether (sulfide) groups is 1. The number of hydrogen-bond donors (Lipinski definition) is 0. The number of carbonyl (C=O) groups is 2. The summed E-state index contributed by atoms with van der Waals surface area (Å²) in [6, 6.07) is 19.0. The van der Waals surface area contributed by atoms with Crippen LogP contribution < -0.4 is 9.47 Å². The lowest BCUT2D eigenvalue weighted by Gasteiger charge is -2.13. The normalized spacial score (nSPS) is 14.7. The van der Waals surface area contributed by atoms with Crippen molar-refractivity contribution in [1.29, 1.82) is 0 Å². The van der Waals surface area contributed by atoms with Gasteiger partial charge < -0.3 is 9.47 Å². The van der Waals surface area contributed by atoms with Crippen molar-refractivity contribution >= 4 is 44.9 Å². The van der Waals surface area contributed by atoms with Gasteiger partial charge in [0.2, 0.25) is 0 Å². The highest BCUT2D eigenvalue weighted by atomic mass is 79.9. The molecule has 1 fully saturated rings. The molecule has 3 aromatic rings. The molecule has 0 radical (unpaired) electrons. The van der Waals surface area contributed by atoms with Crippen LogP contribution in [0.15, 0.2) is 76.1 Å². The Hall–Kier alpha value is -3.10. The van der Waals surface area contributed by atoms with Crippen LogP contribution in [0.1, 0.15) is 23.6 Å². The molecule has 0 atom stereocenters. The first-order valence-corrected chi connectivity index (χ1v) is 12.2. The molecule has 1 saturated heterocycles. The van der Waals surface area contributed by atoms with Gasteiger partial charge in [-0.05, 0) is 77.9 Å². The van der Waals surface area contributed by atoms with Crippen molar-refractivity contribution in [2.75, 3.05) is 6.61 Å². The van der Waals surface area contributed by atoms with Gasteiger partial charge in [-0.3, -0.25) is 14.5 Å². The second kappa shape index (κ2) is 10.9. The van der Waals surface area contributed by atoms with Gasteiger partial charge in [-0.2, -0.15) is 0 Å². The van der Waals surface area contributed by atoms with Crippen molar-refractivity contribution in [1.82, 2.24) is 4.90 Å². The number of amides is 2. The second-order valence-electron chi connectivity index (χ2n) is 7.45. The molecule has 0 bridgehead atoms. The Kier molecular flexibility index (Phi) is 7.70. The number of hydrogen-bond acceptors (Lipinski definition) is 5. The van der Waals surface area contributed by atoms with Gasteiger partial charge in [0.05, 0.1) is 18.1 Å². The van der Waals surface area contributed by atoms with Gasteiger partial charge in [-0.25, -0.2) is 4.39 Å². The summed E-state index contributed by atoms with van der Waals surface area (Å²) in [4.78, 5) is 26.7. The van der Waals surface area contributed by atoms with E-state index in [1.165, 1.54) is 12.1 Å². The van der Waals surface area contributed by atoms with Gasteiger partial charge in [0.1, 0.15) is 12.4 Å². The molecule has 2 amide bonds. The van der Waals surface area contributed by atoms with Crippen molar-refractivity contribution in [2.45, 2.75) is 20.1 Å². The van der Waals surface area contributed by atoms with Gasteiger partial charge >= 0.3 is 0 Å². The quantitative estimate of drug-likeness (QED) is 0.293. The number of rotatable bonds is 8. The van der Waals surface area contributed by atoms with Gasteiger partial charge in [0.15, 0.2) is 11.5 Å². The molecule has 8 heteroatoms. The number of benzene rings is 3. The summed E-state index contributed by atoms with van der Waals surface area (Å²) in [5.74, 6) is 0.394. The fourth-order valence-electron chi connectivity index (χ4n) is 3.30. The molecule has 1 aliphatic heterocycles. The number of halogens is 2.